The molecule has 0 saturated carbocycles. The molecular weight excluding hydrogens is 195 g/mol. The summed E-state index contributed by atoms with van der Waals surface area (Å²) < 4.78 is 12.8. The Balaban J connectivity index is 2.59. The number of hydrogen-bond donors (Lipinski definition) is 2. The van der Waals surface area contributed by atoms with Crippen molar-refractivity contribution in [3.63, 3.8) is 0 Å². The van der Waals surface area contributed by atoms with Gasteiger partial charge in [-0.15, -0.1) is 11.3 Å². The molecule has 0 saturated heterocycles. The maximum Gasteiger partial charge on any atom is 0.264 e. The number of rotatable bonds is 3. The molecule has 0 bridgehead atoms. The monoisotopic (exact) mass is 202 g/mol. The smallest absolute Gasteiger partial charge is 0.264 e. The molecule has 0 aliphatic carbocycles. The molecule has 0 fully saturated rings. The quantitative estimate of drug-likeness (QED) is 0.729. The van der Waals surface area contributed by atoms with Crippen LogP contribution in [0.1, 0.15) is 9.67 Å². The van der Waals surface area contributed by atoms with Crippen LogP contribution in [0.5, 0.6) is 0 Å². The fraction of sp³-hybridized carbons (Fsp3) is 0.143. The maximum atomic E-state index is 12.8. The van der Waals surface area contributed by atoms with Crippen LogP contribution >= 0.6 is 11.3 Å². The average molecular weight is 202 g/mol. The van der Waals surface area contributed by atoms with Gasteiger partial charge in [-0.3, -0.25) is 9.59 Å². The number of carbonyl (C=O) groups excluding carboxylic acids is 2. The Morgan fingerprint density at radius 1 is 1.62 bits per heavy atom. The van der Waals surface area contributed by atoms with Crippen LogP contribution in [0, 0.1) is 5.82 Å². The van der Waals surface area contributed by atoms with E-state index in [4.69, 9.17) is 5.73 Å². The predicted octanol–water partition coefficient (Wildman–Crippen LogP) is 0.102. The normalized spacial score (nSPS) is 9.62. The van der Waals surface area contributed by atoms with Gasteiger partial charge in [-0.25, -0.2) is 4.39 Å². The summed E-state index contributed by atoms with van der Waals surface area (Å²) in [5.41, 5.74) is 4.79. The minimum Gasteiger partial charge on any atom is -0.368 e. The third-order valence-corrected chi connectivity index (χ3v) is 2.13. The zero-order valence-corrected chi connectivity index (χ0v) is 7.36. The van der Waals surface area contributed by atoms with E-state index in [9.17, 15) is 14.0 Å². The molecule has 2 amide bonds. The number of primary amides is 1. The molecule has 0 radical (unpaired) electrons. The van der Waals surface area contributed by atoms with Gasteiger partial charge in [0.15, 0.2) is 0 Å². The number of thiophene rings is 1. The van der Waals surface area contributed by atoms with Gasteiger partial charge in [-0.05, 0) is 11.4 Å². The summed E-state index contributed by atoms with van der Waals surface area (Å²) >= 11 is 0.970. The topological polar surface area (TPSA) is 72.2 Å². The van der Waals surface area contributed by atoms with Crippen molar-refractivity contribution < 1.29 is 14.0 Å². The fourth-order valence-electron chi connectivity index (χ4n) is 0.703. The van der Waals surface area contributed by atoms with Gasteiger partial charge in [0.1, 0.15) is 10.7 Å². The van der Waals surface area contributed by atoms with Crippen molar-refractivity contribution in [3.05, 3.63) is 22.1 Å². The molecule has 0 aromatic carbocycles. The Hall–Kier alpha value is -1.43. The van der Waals surface area contributed by atoms with E-state index in [1.807, 2.05) is 0 Å². The molecule has 13 heavy (non-hydrogen) atoms. The Labute approximate surface area is 77.5 Å². The molecule has 70 valence electrons. The first kappa shape index (κ1) is 9.66. The second kappa shape index (κ2) is 3.99. The van der Waals surface area contributed by atoms with Crippen molar-refractivity contribution in [2.45, 2.75) is 0 Å². The van der Waals surface area contributed by atoms with Crippen LogP contribution < -0.4 is 11.1 Å². The Morgan fingerprint density at radius 3 is 2.77 bits per heavy atom. The summed E-state index contributed by atoms with van der Waals surface area (Å²) in [6, 6.07) is 1.18. The van der Waals surface area contributed by atoms with Gasteiger partial charge in [-0.2, -0.15) is 0 Å². The molecule has 1 aromatic rings. The molecule has 0 atom stereocenters. The first-order valence-electron chi connectivity index (χ1n) is 3.40. The number of carbonyl (C=O) groups is 2. The molecule has 1 rings (SSSR count). The molecule has 1 aromatic heterocycles. The summed E-state index contributed by atoms with van der Waals surface area (Å²) in [6.45, 7) is -0.282. The molecule has 4 nitrogen and oxygen atoms in total. The number of amides is 2. The molecular formula is C7H7FN2O2S. The van der Waals surface area contributed by atoms with Gasteiger partial charge in [0, 0.05) is 0 Å². The van der Waals surface area contributed by atoms with Crippen molar-refractivity contribution in [2.24, 2.45) is 5.73 Å². The van der Waals surface area contributed by atoms with Crippen LogP contribution in [-0.4, -0.2) is 18.4 Å². The summed E-state index contributed by atoms with van der Waals surface area (Å²) in [4.78, 5) is 21.3. The highest BCUT2D eigenvalue weighted by Crippen LogP contribution is 2.13. The van der Waals surface area contributed by atoms with Gasteiger partial charge in [0.05, 0.1) is 6.54 Å². The molecule has 0 aliphatic rings. The fourth-order valence-corrected chi connectivity index (χ4v) is 1.39. The van der Waals surface area contributed by atoms with E-state index < -0.39 is 17.6 Å². The van der Waals surface area contributed by atoms with Gasteiger partial charge in [0.25, 0.3) is 5.91 Å². The minimum absolute atomic E-state index is 0.0405. The third kappa shape index (κ3) is 2.51. The highest BCUT2D eigenvalue weighted by atomic mass is 32.1. The van der Waals surface area contributed by atoms with E-state index in [-0.39, 0.29) is 11.4 Å². The molecule has 0 unspecified atom stereocenters. The van der Waals surface area contributed by atoms with Gasteiger partial charge >= 0.3 is 0 Å². The first-order valence-corrected chi connectivity index (χ1v) is 4.28. The lowest BCUT2D eigenvalue weighted by molar-refractivity contribution is -0.117. The van der Waals surface area contributed by atoms with Gasteiger partial charge in [0.2, 0.25) is 5.91 Å². The number of nitrogens with one attached hydrogen (secondary N) is 1. The third-order valence-electron chi connectivity index (χ3n) is 1.25. The van der Waals surface area contributed by atoms with Crippen LogP contribution in [0.25, 0.3) is 0 Å². The molecule has 0 spiro atoms. The van der Waals surface area contributed by atoms with E-state index in [0.29, 0.717) is 0 Å². The number of halogens is 1. The zero-order chi connectivity index (χ0) is 9.84. The van der Waals surface area contributed by atoms with Gasteiger partial charge < -0.3 is 11.1 Å². The highest BCUT2D eigenvalue weighted by Gasteiger charge is 2.12. The Bertz CT molecular complexity index is 337. The Kier molecular flexibility index (Phi) is 2.97. The molecule has 6 heteroatoms. The Morgan fingerprint density at radius 2 is 2.31 bits per heavy atom. The maximum absolute atomic E-state index is 12.8. The summed E-state index contributed by atoms with van der Waals surface area (Å²) in [6.07, 6.45) is 0. The average Bonchev–Trinajstić information content (AvgIpc) is 2.47. The van der Waals surface area contributed by atoms with E-state index >= 15 is 0 Å². The van der Waals surface area contributed by atoms with Crippen molar-refractivity contribution >= 4 is 23.2 Å². The zero-order valence-electron chi connectivity index (χ0n) is 6.54. The standard InChI is InChI=1S/C7H7FN2O2S/c8-4-1-2-13-6(4)7(12)10-3-5(9)11/h1-2H,3H2,(H2,9,11)(H,10,12). The lowest BCUT2D eigenvalue weighted by atomic mass is 10.4. The summed E-state index contributed by atoms with van der Waals surface area (Å²) in [7, 11) is 0. The first-order chi connectivity index (χ1) is 6.11. The van der Waals surface area contributed by atoms with Crippen molar-refractivity contribution in [1.29, 1.82) is 0 Å². The van der Waals surface area contributed by atoms with E-state index in [0.717, 1.165) is 11.3 Å². The van der Waals surface area contributed by atoms with Crippen molar-refractivity contribution in [3.8, 4) is 0 Å². The molecule has 1 heterocycles. The van der Waals surface area contributed by atoms with Crippen LogP contribution in [0.3, 0.4) is 0 Å². The lowest BCUT2D eigenvalue weighted by Crippen LogP contribution is -2.33. The number of nitrogens with two attached hydrogens (primary N) is 1. The molecule has 3 N–H and O–H groups in total. The second-order valence-corrected chi connectivity index (χ2v) is 3.16. The largest absolute Gasteiger partial charge is 0.368 e. The van der Waals surface area contributed by atoms with Crippen LogP contribution in [0.15, 0.2) is 11.4 Å². The van der Waals surface area contributed by atoms with Crippen molar-refractivity contribution in [2.75, 3.05) is 6.54 Å². The van der Waals surface area contributed by atoms with E-state index in [2.05, 4.69) is 5.32 Å². The van der Waals surface area contributed by atoms with E-state index in [1.165, 1.54) is 11.4 Å². The summed E-state index contributed by atoms with van der Waals surface area (Å²) in [5.74, 6) is -1.87. The van der Waals surface area contributed by atoms with Crippen LogP contribution in [-0.2, 0) is 4.79 Å². The second-order valence-electron chi connectivity index (χ2n) is 2.25. The minimum atomic E-state index is -0.662. The predicted molar refractivity (Wildman–Crippen MR) is 45.8 cm³/mol. The molecule has 0 aliphatic heterocycles. The number of hydrogen-bond acceptors (Lipinski definition) is 3. The SMILES string of the molecule is NC(=O)CNC(=O)c1sccc1F. The lowest BCUT2D eigenvalue weighted by Gasteiger charge is -1.99. The van der Waals surface area contributed by atoms with E-state index in [1.54, 1.807) is 0 Å². The van der Waals surface area contributed by atoms with Crippen LogP contribution in [0.2, 0.25) is 0 Å². The van der Waals surface area contributed by atoms with Crippen molar-refractivity contribution in [1.82, 2.24) is 5.32 Å². The highest BCUT2D eigenvalue weighted by molar-refractivity contribution is 7.12. The summed E-state index contributed by atoms with van der Waals surface area (Å²) in [5, 5.41) is 3.64. The van der Waals surface area contributed by atoms with Gasteiger partial charge in [-0.1, -0.05) is 0 Å². The van der Waals surface area contributed by atoms with Crippen LogP contribution in [0.4, 0.5) is 4.39 Å².